The quantitative estimate of drug-likeness (QED) is 0.590. The summed E-state index contributed by atoms with van der Waals surface area (Å²) in [6.45, 7) is 6.43. The lowest BCUT2D eigenvalue weighted by molar-refractivity contribution is 1.24. The Bertz CT molecular complexity index is 616. The molecule has 20 heavy (non-hydrogen) atoms. The largest absolute Gasteiger partial charge is 0.0877 e. The van der Waals surface area contributed by atoms with Gasteiger partial charge in [0.05, 0.1) is 0 Å². The van der Waals surface area contributed by atoms with Crippen molar-refractivity contribution in [2.45, 2.75) is 27.2 Å². The topological polar surface area (TPSA) is 0 Å². The van der Waals surface area contributed by atoms with Crippen LogP contribution in [0.4, 0.5) is 0 Å². The fourth-order valence-electron chi connectivity index (χ4n) is 2.38. The van der Waals surface area contributed by atoms with Gasteiger partial charge in [0, 0.05) is 0 Å². The molecule has 0 fully saturated rings. The van der Waals surface area contributed by atoms with Crippen LogP contribution < -0.4 is 0 Å². The van der Waals surface area contributed by atoms with Gasteiger partial charge in [-0.25, -0.2) is 0 Å². The van der Waals surface area contributed by atoms with Crippen LogP contribution in [-0.2, 0) is 0 Å². The monoisotopic (exact) mass is 262 g/mol. The number of benzene rings is 2. The minimum Gasteiger partial charge on any atom is -0.0877 e. The summed E-state index contributed by atoms with van der Waals surface area (Å²) in [4.78, 5) is 0. The van der Waals surface area contributed by atoms with Crippen molar-refractivity contribution in [2.75, 3.05) is 0 Å². The Hall–Kier alpha value is -2.08. The Balaban J connectivity index is 2.48. The lowest BCUT2D eigenvalue weighted by atomic mass is 9.94. The molecule has 0 unspecified atom stereocenters. The summed E-state index contributed by atoms with van der Waals surface area (Å²) >= 11 is 0. The Morgan fingerprint density at radius 2 is 1.80 bits per heavy atom. The van der Waals surface area contributed by atoms with Crippen molar-refractivity contribution >= 4 is 5.57 Å². The SMILES string of the molecule is CC=CC=C(CC)c1ccc(C)c(-c2ccccc2)c1. The van der Waals surface area contributed by atoms with E-state index in [2.05, 4.69) is 80.6 Å². The second-order valence-electron chi connectivity index (χ2n) is 4.97. The number of aryl methyl sites for hydroxylation is 1. The molecule has 0 aliphatic carbocycles. The second-order valence-corrected chi connectivity index (χ2v) is 4.97. The smallest absolute Gasteiger partial charge is 0.0149 e. The molecule has 2 aromatic rings. The number of hydrogen-bond donors (Lipinski definition) is 0. The van der Waals surface area contributed by atoms with Gasteiger partial charge in [-0.15, -0.1) is 0 Å². The zero-order chi connectivity index (χ0) is 14.4. The zero-order valence-electron chi connectivity index (χ0n) is 12.6. The van der Waals surface area contributed by atoms with Crippen molar-refractivity contribution in [3.63, 3.8) is 0 Å². The van der Waals surface area contributed by atoms with Crippen LogP contribution in [0, 0.1) is 6.92 Å². The van der Waals surface area contributed by atoms with Gasteiger partial charge in [0.2, 0.25) is 0 Å². The van der Waals surface area contributed by atoms with E-state index in [1.54, 1.807) is 0 Å². The van der Waals surface area contributed by atoms with Gasteiger partial charge >= 0.3 is 0 Å². The third-order valence-electron chi connectivity index (χ3n) is 3.56. The highest BCUT2D eigenvalue weighted by Gasteiger charge is 2.05. The molecule has 0 heterocycles. The third-order valence-corrected chi connectivity index (χ3v) is 3.56. The van der Waals surface area contributed by atoms with Crippen molar-refractivity contribution in [1.29, 1.82) is 0 Å². The molecule has 0 atom stereocenters. The van der Waals surface area contributed by atoms with Gasteiger partial charge in [0.1, 0.15) is 0 Å². The van der Waals surface area contributed by atoms with Crippen molar-refractivity contribution in [2.24, 2.45) is 0 Å². The van der Waals surface area contributed by atoms with Crippen molar-refractivity contribution in [1.82, 2.24) is 0 Å². The number of allylic oxidation sites excluding steroid dienone is 4. The molecule has 0 saturated heterocycles. The van der Waals surface area contributed by atoms with Gasteiger partial charge in [-0.2, -0.15) is 0 Å². The summed E-state index contributed by atoms with van der Waals surface area (Å²) in [5, 5.41) is 0. The molecule has 0 radical (unpaired) electrons. The Morgan fingerprint density at radius 3 is 2.45 bits per heavy atom. The Labute approximate surface area is 122 Å². The van der Waals surface area contributed by atoms with Gasteiger partial charge < -0.3 is 0 Å². The highest BCUT2D eigenvalue weighted by Crippen LogP contribution is 2.28. The van der Waals surface area contributed by atoms with Crippen LogP contribution in [0.25, 0.3) is 16.7 Å². The first-order valence-corrected chi connectivity index (χ1v) is 7.24. The lowest BCUT2D eigenvalue weighted by Crippen LogP contribution is -1.88. The first-order chi connectivity index (χ1) is 9.76. The molecule has 102 valence electrons. The van der Waals surface area contributed by atoms with Crippen LogP contribution >= 0.6 is 0 Å². The average molecular weight is 262 g/mol. The van der Waals surface area contributed by atoms with Gasteiger partial charge in [0.25, 0.3) is 0 Å². The van der Waals surface area contributed by atoms with E-state index >= 15 is 0 Å². The van der Waals surface area contributed by atoms with E-state index in [9.17, 15) is 0 Å². The molecular formula is C20H22. The highest BCUT2D eigenvalue weighted by molar-refractivity contribution is 5.75. The maximum Gasteiger partial charge on any atom is -0.0149 e. The van der Waals surface area contributed by atoms with E-state index in [1.807, 2.05) is 6.92 Å². The molecule has 0 aliphatic rings. The predicted octanol–water partition coefficient (Wildman–Crippen LogP) is 6.03. The maximum absolute atomic E-state index is 2.31. The molecule has 0 aliphatic heterocycles. The fourth-order valence-corrected chi connectivity index (χ4v) is 2.38. The summed E-state index contributed by atoms with van der Waals surface area (Å²) in [5.74, 6) is 0. The molecule has 0 saturated carbocycles. The van der Waals surface area contributed by atoms with E-state index in [0.717, 1.165) is 6.42 Å². The van der Waals surface area contributed by atoms with Crippen LogP contribution in [0.2, 0.25) is 0 Å². The number of hydrogen-bond acceptors (Lipinski definition) is 0. The average Bonchev–Trinajstić information content (AvgIpc) is 2.50. The highest BCUT2D eigenvalue weighted by atomic mass is 14.1. The zero-order valence-corrected chi connectivity index (χ0v) is 12.6. The van der Waals surface area contributed by atoms with E-state index in [1.165, 1.54) is 27.8 Å². The van der Waals surface area contributed by atoms with Crippen LogP contribution in [0.3, 0.4) is 0 Å². The molecule has 0 aromatic heterocycles. The summed E-state index contributed by atoms with van der Waals surface area (Å²) < 4.78 is 0. The van der Waals surface area contributed by atoms with Crippen LogP contribution in [0.5, 0.6) is 0 Å². The van der Waals surface area contributed by atoms with Crippen LogP contribution in [0.15, 0.2) is 66.8 Å². The van der Waals surface area contributed by atoms with Crippen LogP contribution in [0.1, 0.15) is 31.4 Å². The summed E-state index contributed by atoms with van der Waals surface area (Å²) in [6.07, 6.45) is 7.43. The van der Waals surface area contributed by atoms with Crippen molar-refractivity contribution in [3.8, 4) is 11.1 Å². The molecular weight excluding hydrogens is 240 g/mol. The minimum atomic E-state index is 1.04. The minimum absolute atomic E-state index is 1.04. The standard InChI is InChI=1S/C20H22/c1-4-6-10-17(5-2)19-14-13-16(3)20(15-19)18-11-8-7-9-12-18/h4,6-15H,5H2,1-3H3. The second kappa shape index (κ2) is 6.91. The normalized spacial score (nSPS) is 12.1. The van der Waals surface area contributed by atoms with Gasteiger partial charge in [-0.05, 0) is 54.2 Å². The first-order valence-electron chi connectivity index (χ1n) is 7.24. The summed E-state index contributed by atoms with van der Waals surface area (Å²) in [5.41, 5.74) is 6.62. The van der Waals surface area contributed by atoms with Crippen LogP contribution in [-0.4, -0.2) is 0 Å². The van der Waals surface area contributed by atoms with E-state index in [4.69, 9.17) is 0 Å². The van der Waals surface area contributed by atoms with E-state index in [-0.39, 0.29) is 0 Å². The fraction of sp³-hybridized carbons (Fsp3) is 0.200. The number of rotatable bonds is 4. The van der Waals surface area contributed by atoms with Gasteiger partial charge in [-0.1, -0.05) is 67.6 Å². The van der Waals surface area contributed by atoms with Crippen molar-refractivity contribution < 1.29 is 0 Å². The predicted molar refractivity (Wildman–Crippen MR) is 89.7 cm³/mol. The van der Waals surface area contributed by atoms with Crippen molar-refractivity contribution in [3.05, 3.63) is 77.9 Å². The Kier molecular flexibility index (Phi) is 4.95. The summed E-state index contributed by atoms with van der Waals surface area (Å²) in [6, 6.07) is 17.4. The van der Waals surface area contributed by atoms with Gasteiger partial charge in [-0.3, -0.25) is 0 Å². The summed E-state index contributed by atoms with van der Waals surface area (Å²) in [7, 11) is 0. The molecule has 0 bridgehead atoms. The molecule has 0 nitrogen and oxygen atoms in total. The molecule has 2 aromatic carbocycles. The molecule has 0 N–H and O–H groups in total. The lowest BCUT2D eigenvalue weighted by Gasteiger charge is -2.11. The molecule has 0 heteroatoms. The Morgan fingerprint density at radius 1 is 1.05 bits per heavy atom. The maximum atomic E-state index is 2.31. The molecule has 0 amide bonds. The van der Waals surface area contributed by atoms with E-state index in [0.29, 0.717) is 0 Å². The molecule has 0 spiro atoms. The van der Waals surface area contributed by atoms with Gasteiger partial charge in [0.15, 0.2) is 0 Å². The third kappa shape index (κ3) is 3.27. The first kappa shape index (κ1) is 14.3. The molecule has 2 rings (SSSR count). The van der Waals surface area contributed by atoms with E-state index < -0.39 is 0 Å².